The third kappa shape index (κ3) is 5.76. The minimum atomic E-state index is -0.863. The second-order valence-electron chi connectivity index (χ2n) is 6.05. The van der Waals surface area contributed by atoms with E-state index in [1.54, 1.807) is 0 Å². The van der Waals surface area contributed by atoms with Crippen molar-refractivity contribution in [1.29, 1.82) is 0 Å². The lowest BCUT2D eigenvalue weighted by atomic mass is 9.99. The first-order valence-corrected chi connectivity index (χ1v) is 7.70. The van der Waals surface area contributed by atoms with Crippen molar-refractivity contribution in [3.05, 3.63) is 29.3 Å². The van der Waals surface area contributed by atoms with Crippen LogP contribution in [0.25, 0.3) is 0 Å². The molecule has 0 saturated heterocycles. The van der Waals surface area contributed by atoms with Crippen molar-refractivity contribution < 1.29 is 14.7 Å². The zero-order chi connectivity index (χ0) is 16.8. The van der Waals surface area contributed by atoms with Gasteiger partial charge in [0.1, 0.15) is 0 Å². The summed E-state index contributed by atoms with van der Waals surface area (Å²) in [5.41, 5.74) is 2.70. The molecule has 22 heavy (non-hydrogen) atoms. The summed E-state index contributed by atoms with van der Waals surface area (Å²) in [6.45, 7) is 7.83. The molecule has 0 bridgehead atoms. The number of aryl methyl sites for hydroxylation is 2. The first-order chi connectivity index (χ1) is 10.3. The molecule has 0 saturated carbocycles. The van der Waals surface area contributed by atoms with Gasteiger partial charge in [-0.25, -0.2) is 4.79 Å². The highest BCUT2D eigenvalue weighted by Gasteiger charge is 2.21. The van der Waals surface area contributed by atoms with Crippen LogP contribution in [-0.2, 0) is 17.6 Å². The van der Waals surface area contributed by atoms with Crippen molar-refractivity contribution in [2.24, 2.45) is 0 Å². The van der Waals surface area contributed by atoms with E-state index in [0.717, 1.165) is 18.5 Å². The first kappa shape index (κ1) is 18.0. The maximum atomic E-state index is 12.1. The van der Waals surface area contributed by atoms with E-state index in [1.165, 1.54) is 11.1 Å². The fourth-order valence-electron chi connectivity index (χ4n) is 2.33. The molecule has 1 aromatic carbocycles. The maximum absolute atomic E-state index is 12.1. The van der Waals surface area contributed by atoms with Crippen molar-refractivity contribution >= 4 is 17.7 Å². The number of nitrogens with one attached hydrogen (secondary N) is 2. The number of carboxylic acids is 1. The van der Waals surface area contributed by atoms with Gasteiger partial charge in [0.25, 0.3) is 0 Å². The van der Waals surface area contributed by atoms with Crippen molar-refractivity contribution in [3.8, 4) is 0 Å². The highest BCUT2D eigenvalue weighted by atomic mass is 16.4. The van der Waals surface area contributed by atoms with Gasteiger partial charge in [-0.1, -0.05) is 19.9 Å². The van der Waals surface area contributed by atoms with Gasteiger partial charge < -0.3 is 15.7 Å². The molecule has 0 fully saturated rings. The molecule has 0 heterocycles. The Hall–Kier alpha value is -2.04. The van der Waals surface area contributed by atoms with Crippen LogP contribution in [0.2, 0.25) is 0 Å². The summed E-state index contributed by atoms with van der Waals surface area (Å²) < 4.78 is 0. The van der Waals surface area contributed by atoms with Crippen LogP contribution in [0.3, 0.4) is 0 Å². The molecule has 0 aliphatic carbocycles. The predicted molar refractivity (Wildman–Crippen MR) is 88.3 cm³/mol. The Labute approximate surface area is 132 Å². The van der Waals surface area contributed by atoms with Gasteiger partial charge in [0.2, 0.25) is 0 Å². The maximum Gasteiger partial charge on any atom is 0.319 e. The van der Waals surface area contributed by atoms with E-state index in [0.29, 0.717) is 6.42 Å². The minimum absolute atomic E-state index is 0.0262. The van der Waals surface area contributed by atoms with Crippen molar-refractivity contribution in [2.45, 2.75) is 58.9 Å². The number of aliphatic carboxylic acids is 1. The van der Waals surface area contributed by atoms with Crippen molar-refractivity contribution in [1.82, 2.24) is 5.32 Å². The number of carbonyl (C=O) groups is 2. The zero-order valence-corrected chi connectivity index (χ0v) is 13.8. The molecule has 0 aromatic heterocycles. The summed E-state index contributed by atoms with van der Waals surface area (Å²) in [7, 11) is 0. The van der Waals surface area contributed by atoms with Crippen LogP contribution in [0.1, 0.15) is 51.7 Å². The molecule has 0 aliphatic rings. The summed E-state index contributed by atoms with van der Waals surface area (Å²) in [6.07, 6.45) is 2.30. The number of amides is 2. The van der Waals surface area contributed by atoms with E-state index >= 15 is 0 Å². The quantitative estimate of drug-likeness (QED) is 0.720. The summed E-state index contributed by atoms with van der Waals surface area (Å²) in [5.74, 6) is -0.863. The monoisotopic (exact) mass is 306 g/mol. The van der Waals surface area contributed by atoms with Crippen molar-refractivity contribution in [2.75, 3.05) is 5.32 Å². The second kappa shape index (κ2) is 7.82. The molecule has 0 radical (unpaired) electrons. The lowest BCUT2D eigenvalue weighted by Gasteiger charge is -2.25. The van der Waals surface area contributed by atoms with Gasteiger partial charge in [-0.05, 0) is 56.4 Å². The van der Waals surface area contributed by atoms with Gasteiger partial charge in [0.05, 0.1) is 0 Å². The lowest BCUT2D eigenvalue weighted by molar-refractivity contribution is -0.137. The number of carboxylic acid groups (broad SMARTS) is 1. The Balaban J connectivity index is 2.66. The average molecular weight is 306 g/mol. The van der Waals surface area contributed by atoms with E-state index in [9.17, 15) is 9.59 Å². The third-order valence-corrected chi connectivity index (χ3v) is 3.64. The van der Waals surface area contributed by atoms with Crippen molar-refractivity contribution in [3.63, 3.8) is 0 Å². The van der Waals surface area contributed by atoms with Gasteiger partial charge >= 0.3 is 12.0 Å². The fourth-order valence-corrected chi connectivity index (χ4v) is 2.33. The summed E-state index contributed by atoms with van der Waals surface area (Å²) in [5, 5.41) is 14.4. The molecule has 3 N–H and O–H groups in total. The summed E-state index contributed by atoms with van der Waals surface area (Å²) in [4.78, 5) is 22.7. The third-order valence-electron chi connectivity index (χ3n) is 3.64. The highest BCUT2D eigenvalue weighted by molar-refractivity contribution is 5.89. The predicted octanol–water partition coefficient (Wildman–Crippen LogP) is 3.58. The number of benzene rings is 1. The lowest BCUT2D eigenvalue weighted by Crippen LogP contribution is -2.45. The molecule has 5 heteroatoms. The van der Waals surface area contributed by atoms with Gasteiger partial charge in [0, 0.05) is 17.6 Å². The number of anilines is 1. The SMILES string of the molecule is CCc1ccc(NC(=O)NC(C)(C)CCC(=O)O)cc1CC. The van der Waals surface area contributed by atoms with Gasteiger partial charge in [-0.15, -0.1) is 0 Å². The summed E-state index contributed by atoms with van der Waals surface area (Å²) >= 11 is 0. The molecule has 0 atom stereocenters. The van der Waals surface area contributed by atoms with Crippen LogP contribution in [0.15, 0.2) is 18.2 Å². The van der Waals surface area contributed by atoms with Gasteiger partial charge in [-0.2, -0.15) is 0 Å². The largest absolute Gasteiger partial charge is 0.481 e. The molecule has 0 unspecified atom stereocenters. The van der Waals surface area contributed by atoms with Gasteiger partial charge in [-0.3, -0.25) is 4.79 Å². The van der Waals surface area contributed by atoms with Crippen LogP contribution in [0.5, 0.6) is 0 Å². The Morgan fingerprint density at radius 2 is 1.77 bits per heavy atom. The van der Waals surface area contributed by atoms with Crippen LogP contribution >= 0.6 is 0 Å². The Morgan fingerprint density at radius 3 is 2.32 bits per heavy atom. The molecule has 122 valence electrons. The number of rotatable bonds is 7. The average Bonchev–Trinajstić information content (AvgIpc) is 2.44. The molecule has 0 spiro atoms. The van der Waals surface area contributed by atoms with E-state index in [4.69, 9.17) is 5.11 Å². The molecular weight excluding hydrogens is 280 g/mol. The zero-order valence-electron chi connectivity index (χ0n) is 13.8. The second-order valence-corrected chi connectivity index (χ2v) is 6.05. The molecule has 1 rings (SSSR count). The molecular formula is C17H26N2O3. The highest BCUT2D eigenvalue weighted by Crippen LogP contribution is 2.18. The standard InChI is InChI=1S/C17H26N2O3/c1-5-12-7-8-14(11-13(12)6-2)18-16(22)19-17(3,4)10-9-15(20)21/h7-8,11H,5-6,9-10H2,1-4H3,(H,20,21)(H2,18,19,22). The number of hydrogen-bond acceptors (Lipinski definition) is 2. The Morgan fingerprint density at radius 1 is 1.14 bits per heavy atom. The minimum Gasteiger partial charge on any atom is -0.481 e. The number of hydrogen-bond donors (Lipinski definition) is 3. The molecule has 1 aromatic rings. The smallest absolute Gasteiger partial charge is 0.319 e. The number of carbonyl (C=O) groups excluding carboxylic acids is 1. The molecule has 5 nitrogen and oxygen atoms in total. The normalized spacial score (nSPS) is 11.1. The van der Waals surface area contributed by atoms with E-state index in [-0.39, 0.29) is 12.5 Å². The van der Waals surface area contributed by atoms with Gasteiger partial charge in [0.15, 0.2) is 0 Å². The topological polar surface area (TPSA) is 78.4 Å². The molecule has 0 aliphatic heterocycles. The van der Waals surface area contributed by atoms with E-state index in [2.05, 4.69) is 24.5 Å². The van der Waals surface area contributed by atoms with Crippen LogP contribution in [-0.4, -0.2) is 22.6 Å². The molecule has 2 amide bonds. The van der Waals surface area contributed by atoms with Crippen LogP contribution in [0, 0.1) is 0 Å². The first-order valence-electron chi connectivity index (χ1n) is 7.70. The van der Waals surface area contributed by atoms with E-state index < -0.39 is 11.5 Å². The van der Waals surface area contributed by atoms with Crippen LogP contribution in [0.4, 0.5) is 10.5 Å². The summed E-state index contributed by atoms with van der Waals surface area (Å²) in [6, 6.07) is 5.59. The van der Waals surface area contributed by atoms with E-state index in [1.807, 2.05) is 32.0 Å². The van der Waals surface area contributed by atoms with Crippen LogP contribution < -0.4 is 10.6 Å². The fraction of sp³-hybridized carbons (Fsp3) is 0.529. The Bertz CT molecular complexity index is 539. The Kier molecular flexibility index (Phi) is 6.40. The number of urea groups is 1.